The van der Waals surface area contributed by atoms with Crippen LogP contribution in [0.2, 0.25) is 0 Å². The highest BCUT2D eigenvalue weighted by molar-refractivity contribution is 6.60. The van der Waals surface area contributed by atoms with Gasteiger partial charge in [0.1, 0.15) is 5.54 Å². The van der Waals surface area contributed by atoms with Crippen molar-refractivity contribution in [1.29, 1.82) is 5.41 Å². The van der Waals surface area contributed by atoms with E-state index in [1.54, 1.807) is 24.3 Å². The summed E-state index contributed by atoms with van der Waals surface area (Å²) < 4.78 is 0. The zero-order valence-corrected chi connectivity index (χ0v) is 14.5. The van der Waals surface area contributed by atoms with Crippen molar-refractivity contribution in [3.05, 3.63) is 30.3 Å². The lowest BCUT2D eigenvalue weighted by Crippen LogP contribution is -2.56. The number of carbonyl (C=O) groups is 3. The van der Waals surface area contributed by atoms with E-state index in [4.69, 9.17) is 5.41 Å². The van der Waals surface area contributed by atoms with E-state index in [2.05, 4.69) is 26.5 Å². The molecule has 5 N–H and O–H groups in total. The molecule has 9 heteroatoms. The minimum absolute atomic E-state index is 0.0817. The number of para-hydroxylation sites is 1. The minimum Gasteiger partial charge on any atom is -0.348 e. The number of carbonyl (C=O) groups excluding carboxylic acids is 3. The molecule has 0 aliphatic carbocycles. The molecule has 0 radical (unpaired) electrons. The van der Waals surface area contributed by atoms with Crippen LogP contribution in [0, 0.1) is 5.41 Å². The number of unbranched alkanes of at least 4 members (excludes halogenated alkanes) is 1. The number of anilines is 1. The number of hydrogen-bond donors (Lipinski definition) is 5. The zero-order chi connectivity index (χ0) is 19.0. The molecule has 0 spiro atoms. The Morgan fingerprint density at radius 3 is 2.62 bits per heavy atom. The van der Waals surface area contributed by atoms with E-state index in [-0.39, 0.29) is 12.3 Å². The van der Waals surface area contributed by atoms with E-state index in [1.807, 2.05) is 13.0 Å². The number of hydrazone groups is 1. The molecule has 1 heterocycles. The van der Waals surface area contributed by atoms with E-state index in [9.17, 15) is 14.4 Å². The summed E-state index contributed by atoms with van der Waals surface area (Å²) in [7, 11) is 0. The Morgan fingerprint density at radius 2 is 2.04 bits per heavy atom. The number of amides is 4. The maximum absolute atomic E-state index is 12.3. The standard InChI is InChI=1S/C17H22N6O3/c1-2-3-9-17(15(25)20-16(26)21-17)11-19-14(24)13(10-18)23-22-12-7-5-4-6-8-12/h4-8,10,18,22H,2-3,9,11H2,1H3,(H,19,24)(H2,20,21,25,26). The molecular formula is C17H22N6O3. The summed E-state index contributed by atoms with van der Waals surface area (Å²) >= 11 is 0. The van der Waals surface area contributed by atoms with Crippen molar-refractivity contribution < 1.29 is 14.4 Å². The monoisotopic (exact) mass is 358 g/mol. The van der Waals surface area contributed by atoms with Gasteiger partial charge in [-0.05, 0) is 18.6 Å². The van der Waals surface area contributed by atoms with Crippen molar-refractivity contribution >= 4 is 35.5 Å². The van der Waals surface area contributed by atoms with Gasteiger partial charge in [0, 0.05) is 0 Å². The number of benzene rings is 1. The molecular weight excluding hydrogens is 336 g/mol. The molecule has 2 rings (SSSR count). The predicted molar refractivity (Wildman–Crippen MR) is 98.2 cm³/mol. The van der Waals surface area contributed by atoms with Crippen LogP contribution < -0.4 is 21.4 Å². The minimum atomic E-state index is -1.18. The Hall–Kier alpha value is -3.23. The summed E-state index contributed by atoms with van der Waals surface area (Å²) in [5.74, 6) is -1.08. The first-order valence-electron chi connectivity index (χ1n) is 8.32. The highest BCUT2D eigenvalue weighted by Crippen LogP contribution is 2.18. The first-order chi connectivity index (χ1) is 12.5. The smallest absolute Gasteiger partial charge is 0.322 e. The van der Waals surface area contributed by atoms with Gasteiger partial charge in [-0.15, -0.1) is 0 Å². The second-order valence-corrected chi connectivity index (χ2v) is 5.90. The Balaban J connectivity index is 2.02. The van der Waals surface area contributed by atoms with Crippen LogP contribution in [0.15, 0.2) is 35.4 Å². The number of rotatable bonds is 9. The van der Waals surface area contributed by atoms with Gasteiger partial charge in [0.05, 0.1) is 18.4 Å². The van der Waals surface area contributed by atoms with E-state index in [0.29, 0.717) is 18.5 Å². The molecule has 1 unspecified atom stereocenters. The fourth-order valence-electron chi connectivity index (χ4n) is 2.50. The molecule has 1 aromatic rings. The Kier molecular flexibility index (Phi) is 6.42. The quantitative estimate of drug-likeness (QED) is 0.255. The Bertz CT molecular complexity index is 718. The molecule has 26 heavy (non-hydrogen) atoms. The van der Waals surface area contributed by atoms with Crippen LogP contribution in [0.4, 0.5) is 10.5 Å². The third-order valence-corrected chi connectivity index (χ3v) is 3.97. The Labute approximate surface area is 151 Å². The van der Waals surface area contributed by atoms with Crippen LogP contribution >= 0.6 is 0 Å². The average Bonchev–Trinajstić information content (AvgIpc) is 2.93. The molecule has 138 valence electrons. The lowest BCUT2D eigenvalue weighted by molar-refractivity contribution is -0.124. The van der Waals surface area contributed by atoms with E-state index < -0.39 is 23.4 Å². The molecule has 1 fully saturated rings. The Morgan fingerprint density at radius 1 is 1.31 bits per heavy atom. The van der Waals surface area contributed by atoms with Crippen LogP contribution in [0.1, 0.15) is 26.2 Å². The normalized spacial score (nSPS) is 19.5. The maximum atomic E-state index is 12.3. The van der Waals surface area contributed by atoms with Crippen LogP contribution in [0.25, 0.3) is 0 Å². The first kappa shape index (κ1) is 19.1. The average molecular weight is 358 g/mol. The van der Waals surface area contributed by atoms with Gasteiger partial charge in [-0.25, -0.2) is 4.79 Å². The van der Waals surface area contributed by atoms with Crippen molar-refractivity contribution in [1.82, 2.24) is 16.0 Å². The van der Waals surface area contributed by atoms with Gasteiger partial charge in [0.15, 0.2) is 5.71 Å². The lowest BCUT2D eigenvalue weighted by atomic mass is 9.92. The summed E-state index contributed by atoms with van der Waals surface area (Å²) in [5, 5.41) is 18.6. The molecule has 0 bridgehead atoms. The molecule has 1 aliphatic heterocycles. The second-order valence-electron chi connectivity index (χ2n) is 5.90. The van der Waals surface area contributed by atoms with Crippen molar-refractivity contribution in [2.45, 2.75) is 31.7 Å². The van der Waals surface area contributed by atoms with Crippen molar-refractivity contribution in [2.75, 3.05) is 12.0 Å². The lowest BCUT2D eigenvalue weighted by Gasteiger charge is -2.26. The number of imide groups is 1. The summed E-state index contributed by atoms with van der Waals surface area (Å²) in [5.41, 5.74) is 2.03. The molecule has 4 amide bonds. The first-order valence-corrected chi connectivity index (χ1v) is 8.32. The van der Waals surface area contributed by atoms with Gasteiger partial charge in [0.2, 0.25) is 0 Å². The van der Waals surface area contributed by atoms with Crippen molar-refractivity contribution in [2.24, 2.45) is 5.10 Å². The third kappa shape index (κ3) is 4.65. The number of hydrogen-bond acceptors (Lipinski definition) is 6. The molecule has 0 saturated carbocycles. The highest BCUT2D eigenvalue weighted by atomic mass is 16.2. The van der Waals surface area contributed by atoms with Gasteiger partial charge in [-0.1, -0.05) is 38.0 Å². The molecule has 1 aliphatic rings. The summed E-state index contributed by atoms with van der Waals surface area (Å²) in [6.07, 6.45) is 2.77. The fourth-order valence-corrected chi connectivity index (χ4v) is 2.50. The number of urea groups is 1. The highest BCUT2D eigenvalue weighted by Gasteiger charge is 2.45. The van der Waals surface area contributed by atoms with Crippen LogP contribution in [-0.2, 0) is 9.59 Å². The predicted octanol–water partition coefficient (Wildman–Crippen LogP) is 0.989. The summed E-state index contributed by atoms with van der Waals surface area (Å²) in [6.45, 7) is 1.89. The van der Waals surface area contributed by atoms with E-state index in [0.717, 1.165) is 12.6 Å². The molecule has 1 atom stereocenters. The van der Waals surface area contributed by atoms with Crippen LogP contribution in [-0.4, -0.2) is 41.9 Å². The second kappa shape index (κ2) is 8.75. The number of nitrogens with zero attached hydrogens (tertiary/aromatic N) is 1. The molecule has 1 aromatic carbocycles. The van der Waals surface area contributed by atoms with E-state index >= 15 is 0 Å². The van der Waals surface area contributed by atoms with Crippen molar-refractivity contribution in [3.8, 4) is 0 Å². The molecule has 0 aromatic heterocycles. The van der Waals surface area contributed by atoms with Gasteiger partial charge in [-0.2, -0.15) is 5.10 Å². The summed E-state index contributed by atoms with van der Waals surface area (Å²) in [6, 6.07) is 8.41. The van der Waals surface area contributed by atoms with E-state index in [1.165, 1.54) is 0 Å². The number of nitrogens with one attached hydrogen (secondary N) is 5. The van der Waals surface area contributed by atoms with Gasteiger partial charge >= 0.3 is 6.03 Å². The van der Waals surface area contributed by atoms with Gasteiger partial charge in [-0.3, -0.25) is 20.3 Å². The summed E-state index contributed by atoms with van der Waals surface area (Å²) in [4.78, 5) is 35.9. The largest absolute Gasteiger partial charge is 0.348 e. The van der Waals surface area contributed by atoms with Crippen LogP contribution in [0.5, 0.6) is 0 Å². The van der Waals surface area contributed by atoms with Gasteiger partial charge < -0.3 is 16.0 Å². The third-order valence-electron chi connectivity index (χ3n) is 3.97. The molecule has 1 saturated heterocycles. The maximum Gasteiger partial charge on any atom is 0.322 e. The zero-order valence-electron chi connectivity index (χ0n) is 14.5. The van der Waals surface area contributed by atoms with Gasteiger partial charge in [0.25, 0.3) is 11.8 Å². The van der Waals surface area contributed by atoms with Crippen LogP contribution in [0.3, 0.4) is 0 Å². The molecule has 9 nitrogen and oxygen atoms in total. The fraction of sp³-hybridized carbons (Fsp3) is 0.353. The van der Waals surface area contributed by atoms with Crippen molar-refractivity contribution in [3.63, 3.8) is 0 Å². The SMILES string of the molecule is CCCCC1(CNC(=O)C(C=N)=NNc2ccccc2)NC(=O)NC1=O. The topological polar surface area (TPSA) is 136 Å².